The number of amides is 1. The zero-order valence-corrected chi connectivity index (χ0v) is 12.2. The van der Waals surface area contributed by atoms with E-state index < -0.39 is 17.5 Å². The van der Waals surface area contributed by atoms with E-state index in [2.05, 4.69) is 5.32 Å². The van der Waals surface area contributed by atoms with E-state index >= 15 is 0 Å². The van der Waals surface area contributed by atoms with Gasteiger partial charge >= 0.3 is 0 Å². The van der Waals surface area contributed by atoms with Crippen molar-refractivity contribution in [3.8, 4) is 0 Å². The average molecular weight is 323 g/mol. The molecule has 0 fully saturated rings. The van der Waals surface area contributed by atoms with E-state index in [0.717, 1.165) is 12.1 Å². The zero-order chi connectivity index (χ0) is 15.7. The molecular formula is C16H12F3NOS. The molecule has 1 atom stereocenters. The zero-order valence-electron chi connectivity index (χ0n) is 11.4. The Morgan fingerprint density at radius 1 is 1.14 bits per heavy atom. The van der Waals surface area contributed by atoms with Gasteiger partial charge in [0.25, 0.3) is 5.91 Å². The maximum atomic E-state index is 13.8. The molecule has 1 amide bonds. The Labute approximate surface area is 129 Å². The van der Waals surface area contributed by atoms with Crippen molar-refractivity contribution >= 4 is 17.7 Å². The van der Waals surface area contributed by atoms with E-state index in [1.807, 2.05) is 0 Å². The van der Waals surface area contributed by atoms with Crippen LogP contribution in [0.15, 0.2) is 41.3 Å². The molecule has 1 aliphatic heterocycles. The molecule has 1 N–H and O–H groups in total. The van der Waals surface area contributed by atoms with Crippen molar-refractivity contribution in [2.45, 2.75) is 17.4 Å². The van der Waals surface area contributed by atoms with Gasteiger partial charge in [0.1, 0.15) is 17.5 Å². The number of hydrogen-bond acceptors (Lipinski definition) is 2. The summed E-state index contributed by atoms with van der Waals surface area (Å²) in [6, 6.07) is 7.11. The van der Waals surface area contributed by atoms with Crippen LogP contribution in [0.5, 0.6) is 0 Å². The van der Waals surface area contributed by atoms with E-state index in [1.165, 1.54) is 17.8 Å². The Balaban J connectivity index is 1.85. The first-order valence-corrected chi connectivity index (χ1v) is 7.72. The molecule has 22 heavy (non-hydrogen) atoms. The maximum Gasteiger partial charge on any atom is 0.254 e. The number of fused-ring (bicyclic) bond motifs is 1. The number of nitrogens with one attached hydrogen (secondary N) is 1. The minimum absolute atomic E-state index is 0.224. The highest BCUT2D eigenvalue weighted by atomic mass is 32.2. The maximum absolute atomic E-state index is 13.8. The van der Waals surface area contributed by atoms with Crippen molar-refractivity contribution in [2.24, 2.45) is 0 Å². The van der Waals surface area contributed by atoms with Gasteiger partial charge in [0.15, 0.2) is 0 Å². The lowest BCUT2D eigenvalue weighted by Gasteiger charge is -2.26. The van der Waals surface area contributed by atoms with Gasteiger partial charge in [-0.15, -0.1) is 11.8 Å². The summed E-state index contributed by atoms with van der Waals surface area (Å²) in [5, 5.41) is 2.70. The molecule has 2 aromatic rings. The quantitative estimate of drug-likeness (QED) is 0.902. The Bertz CT molecular complexity index is 735. The predicted octanol–water partition coefficient (Wildman–Crippen LogP) is 4.07. The van der Waals surface area contributed by atoms with Crippen LogP contribution >= 0.6 is 11.8 Å². The van der Waals surface area contributed by atoms with Gasteiger partial charge < -0.3 is 5.32 Å². The van der Waals surface area contributed by atoms with Crippen molar-refractivity contribution in [2.75, 3.05) is 5.75 Å². The van der Waals surface area contributed by atoms with Crippen molar-refractivity contribution in [3.05, 3.63) is 65.0 Å². The number of benzene rings is 2. The van der Waals surface area contributed by atoms with E-state index in [0.29, 0.717) is 28.7 Å². The summed E-state index contributed by atoms with van der Waals surface area (Å²) in [5.74, 6) is -1.96. The number of thioether (sulfide) groups is 1. The lowest BCUT2D eigenvalue weighted by molar-refractivity contribution is 0.0930. The largest absolute Gasteiger partial charge is 0.345 e. The molecule has 0 saturated carbocycles. The molecule has 114 valence electrons. The molecule has 0 unspecified atom stereocenters. The molecule has 0 saturated heterocycles. The average Bonchev–Trinajstić information content (AvgIpc) is 2.48. The highest BCUT2D eigenvalue weighted by molar-refractivity contribution is 7.99. The summed E-state index contributed by atoms with van der Waals surface area (Å²) < 4.78 is 40.3. The fourth-order valence-corrected chi connectivity index (χ4v) is 3.59. The first kappa shape index (κ1) is 15.0. The number of hydrogen-bond donors (Lipinski definition) is 1. The second kappa shape index (κ2) is 6.04. The number of halogens is 3. The molecule has 3 rings (SSSR count). The summed E-state index contributed by atoms with van der Waals surface area (Å²) in [5.41, 5.74) is 0.463. The third-order valence-electron chi connectivity index (χ3n) is 3.51. The van der Waals surface area contributed by atoms with Crippen LogP contribution in [0.3, 0.4) is 0 Å². The third-order valence-corrected chi connectivity index (χ3v) is 4.67. The van der Waals surface area contributed by atoms with Gasteiger partial charge in [0.2, 0.25) is 0 Å². The molecule has 6 heteroatoms. The Kier molecular flexibility index (Phi) is 4.11. The smallest absolute Gasteiger partial charge is 0.254 e. The van der Waals surface area contributed by atoms with Gasteiger partial charge in [0.05, 0.1) is 11.6 Å². The monoisotopic (exact) mass is 323 g/mol. The molecule has 0 bridgehead atoms. The molecule has 2 nitrogen and oxygen atoms in total. The molecule has 1 aliphatic rings. The molecule has 0 aromatic heterocycles. The Hall–Kier alpha value is -1.95. The van der Waals surface area contributed by atoms with Crippen molar-refractivity contribution in [1.29, 1.82) is 0 Å². The first-order chi connectivity index (χ1) is 10.6. The van der Waals surface area contributed by atoms with E-state index in [4.69, 9.17) is 0 Å². The van der Waals surface area contributed by atoms with Crippen LogP contribution in [0, 0.1) is 17.5 Å². The summed E-state index contributed by atoms with van der Waals surface area (Å²) in [7, 11) is 0. The van der Waals surface area contributed by atoms with Crippen LogP contribution in [0.2, 0.25) is 0 Å². The van der Waals surface area contributed by atoms with Crippen LogP contribution in [0.25, 0.3) is 0 Å². The fraction of sp³-hybridized carbons (Fsp3) is 0.188. The van der Waals surface area contributed by atoms with Crippen LogP contribution in [-0.4, -0.2) is 11.7 Å². The minimum atomic E-state index is -0.915. The van der Waals surface area contributed by atoms with Gasteiger partial charge in [-0.05, 0) is 30.2 Å². The van der Waals surface area contributed by atoms with Gasteiger partial charge in [-0.2, -0.15) is 0 Å². The lowest BCUT2D eigenvalue weighted by atomic mass is 10.0. The summed E-state index contributed by atoms with van der Waals surface area (Å²) in [4.78, 5) is 12.7. The van der Waals surface area contributed by atoms with Crippen molar-refractivity contribution < 1.29 is 18.0 Å². The van der Waals surface area contributed by atoms with Crippen molar-refractivity contribution in [1.82, 2.24) is 5.32 Å². The fourth-order valence-electron chi connectivity index (χ4n) is 2.45. The SMILES string of the molecule is O=C(N[C@@H]1CCSc2c(F)cccc21)c1ccc(F)cc1F. The first-order valence-electron chi connectivity index (χ1n) is 6.73. The topological polar surface area (TPSA) is 29.1 Å². The van der Waals surface area contributed by atoms with E-state index in [1.54, 1.807) is 12.1 Å². The number of carbonyl (C=O) groups excluding carboxylic acids is 1. The second-order valence-corrected chi connectivity index (χ2v) is 6.05. The van der Waals surface area contributed by atoms with Crippen molar-refractivity contribution in [3.63, 3.8) is 0 Å². The number of rotatable bonds is 2. The Morgan fingerprint density at radius 3 is 2.73 bits per heavy atom. The van der Waals surface area contributed by atoms with Gasteiger partial charge in [-0.3, -0.25) is 4.79 Å². The van der Waals surface area contributed by atoms with Gasteiger partial charge in [-0.1, -0.05) is 12.1 Å². The van der Waals surface area contributed by atoms with E-state index in [9.17, 15) is 18.0 Å². The highest BCUT2D eigenvalue weighted by Crippen LogP contribution is 2.37. The number of carbonyl (C=O) groups is 1. The standard InChI is InChI=1S/C16H12F3NOS/c17-9-4-5-10(13(19)8-9)16(21)20-14-6-7-22-15-11(14)2-1-3-12(15)18/h1-5,8,14H,6-7H2,(H,20,21)/t14-/m1/s1. The molecular weight excluding hydrogens is 311 g/mol. The van der Waals surface area contributed by atoms with Crippen LogP contribution < -0.4 is 5.32 Å². The summed E-state index contributed by atoms with van der Waals surface area (Å²) >= 11 is 1.40. The van der Waals surface area contributed by atoms with Crippen LogP contribution in [0.1, 0.15) is 28.4 Å². The third kappa shape index (κ3) is 2.83. The lowest BCUT2D eigenvalue weighted by Crippen LogP contribution is -2.31. The second-order valence-electron chi connectivity index (χ2n) is 4.95. The summed E-state index contributed by atoms with van der Waals surface area (Å²) in [6.07, 6.45) is 0.621. The predicted molar refractivity (Wildman–Crippen MR) is 78.3 cm³/mol. The summed E-state index contributed by atoms with van der Waals surface area (Å²) in [6.45, 7) is 0. The Morgan fingerprint density at radius 2 is 1.95 bits per heavy atom. The molecule has 0 radical (unpaired) electrons. The van der Waals surface area contributed by atoms with Gasteiger partial charge in [-0.25, -0.2) is 13.2 Å². The minimum Gasteiger partial charge on any atom is -0.345 e. The van der Waals surface area contributed by atoms with Crippen LogP contribution in [0.4, 0.5) is 13.2 Å². The van der Waals surface area contributed by atoms with Crippen LogP contribution in [-0.2, 0) is 0 Å². The van der Waals surface area contributed by atoms with Gasteiger partial charge in [0, 0.05) is 16.7 Å². The molecule has 1 heterocycles. The molecule has 0 spiro atoms. The molecule has 2 aromatic carbocycles. The molecule has 0 aliphatic carbocycles. The highest BCUT2D eigenvalue weighted by Gasteiger charge is 2.25. The van der Waals surface area contributed by atoms with E-state index in [-0.39, 0.29) is 17.4 Å². The normalized spacial score (nSPS) is 17.0.